The van der Waals surface area contributed by atoms with Crippen LogP contribution >= 0.6 is 0 Å². The molecule has 4 aromatic carbocycles. The van der Waals surface area contributed by atoms with Gasteiger partial charge in [-0.05, 0) is 67.1 Å². The van der Waals surface area contributed by atoms with E-state index in [0.29, 0.717) is 17.4 Å². The molecule has 3 heterocycles. The first-order chi connectivity index (χ1) is 20.9. The van der Waals surface area contributed by atoms with E-state index in [4.69, 9.17) is 14.8 Å². The van der Waals surface area contributed by atoms with Crippen molar-refractivity contribution in [3.63, 3.8) is 0 Å². The molecule has 0 aliphatic rings. The molecule has 220 valence electrons. The summed E-state index contributed by atoms with van der Waals surface area (Å²) in [7, 11) is 0. The zero-order valence-corrected chi connectivity index (χ0v) is 27.6. The summed E-state index contributed by atoms with van der Waals surface area (Å²) >= 11 is 0. The molecular formula is C38H32N4OPt. The summed E-state index contributed by atoms with van der Waals surface area (Å²) in [5, 5.41) is 7.19. The van der Waals surface area contributed by atoms with Gasteiger partial charge in [-0.15, -0.1) is 41.3 Å². The van der Waals surface area contributed by atoms with E-state index in [1.807, 2.05) is 29.1 Å². The summed E-state index contributed by atoms with van der Waals surface area (Å²) in [5.74, 6) is 2.39. The number of ether oxygens (including phenoxy) is 1. The number of rotatable bonds is 6. The first-order valence-corrected chi connectivity index (χ1v) is 14.6. The van der Waals surface area contributed by atoms with Crippen LogP contribution in [0.15, 0.2) is 97.2 Å². The van der Waals surface area contributed by atoms with Gasteiger partial charge in [0, 0.05) is 34.5 Å². The van der Waals surface area contributed by atoms with Crippen LogP contribution < -0.4 is 4.74 Å². The maximum absolute atomic E-state index is 6.53. The summed E-state index contributed by atoms with van der Waals surface area (Å²) < 4.78 is 10.7. The Morgan fingerprint density at radius 1 is 0.773 bits per heavy atom. The van der Waals surface area contributed by atoms with Crippen molar-refractivity contribution in [1.82, 2.24) is 19.3 Å². The molecule has 0 N–H and O–H groups in total. The van der Waals surface area contributed by atoms with Gasteiger partial charge in [0.25, 0.3) is 0 Å². The van der Waals surface area contributed by atoms with Crippen LogP contribution in [0.2, 0.25) is 0 Å². The second-order valence-electron chi connectivity index (χ2n) is 11.4. The van der Waals surface area contributed by atoms with Crippen LogP contribution in [0.4, 0.5) is 0 Å². The molecule has 0 amide bonds. The summed E-state index contributed by atoms with van der Waals surface area (Å²) in [5.41, 5.74) is 9.49. The van der Waals surface area contributed by atoms with Crippen LogP contribution in [0.3, 0.4) is 0 Å². The van der Waals surface area contributed by atoms with E-state index < -0.39 is 0 Å². The van der Waals surface area contributed by atoms with E-state index in [9.17, 15) is 0 Å². The summed E-state index contributed by atoms with van der Waals surface area (Å²) in [6, 6.07) is 38.3. The molecule has 0 saturated carbocycles. The molecule has 0 bridgehead atoms. The van der Waals surface area contributed by atoms with Gasteiger partial charge in [-0.25, -0.2) is 4.98 Å². The summed E-state index contributed by atoms with van der Waals surface area (Å²) in [4.78, 5) is 4.70. The van der Waals surface area contributed by atoms with Gasteiger partial charge in [-0.1, -0.05) is 67.9 Å². The van der Waals surface area contributed by atoms with E-state index in [1.54, 1.807) is 0 Å². The molecule has 0 saturated heterocycles. The van der Waals surface area contributed by atoms with Crippen LogP contribution in [0.25, 0.3) is 44.4 Å². The molecule has 0 aliphatic heterocycles. The van der Waals surface area contributed by atoms with Crippen molar-refractivity contribution in [2.45, 2.75) is 40.5 Å². The molecule has 0 spiro atoms. The van der Waals surface area contributed by atoms with Gasteiger partial charge in [-0.3, -0.25) is 4.68 Å². The SMILES string of the molecule is Cc1ccnc(-n2c3[c-]c(Oc4[c-]c(-n5nc(C)c(-c6ccccc6)c5C)cc(C(C)C)c4)ccc3c3ccccc32)c1.[Pt+2]. The van der Waals surface area contributed by atoms with E-state index in [2.05, 4.69) is 124 Å². The van der Waals surface area contributed by atoms with E-state index in [0.717, 1.165) is 67.0 Å². The fraction of sp³-hybridized carbons (Fsp3) is 0.158. The van der Waals surface area contributed by atoms with Gasteiger partial charge in [0.2, 0.25) is 0 Å². The molecule has 7 aromatic rings. The fourth-order valence-corrected chi connectivity index (χ4v) is 5.88. The molecule has 0 fully saturated rings. The van der Waals surface area contributed by atoms with Crippen molar-refractivity contribution in [3.8, 4) is 34.1 Å². The molecule has 0 atom stereocenters. The Morgan fingerprint density at radius 2 is 1.55 bits per heavy atom. The van der Waals surface area contributed by atoms with E-state index in [1.165, 1.54) is 0 Å². The minimum atomic E-state index is 0. The molecule has 0 unspecified atom stereocenters. The van der Waals surface area contributed by atoms with Crippen molar-refractivity contribution in [3.05, 3.63) is 132 Å². The standard InChI is InChI=1S/C38H32N4O.Pt/c1-24(2)29-20-30(42-27(5)38(26(4)40-42)28-11-7-6-8-12-28)22-32(21-29)43-31-15-16-34-33-13-9-10-14-35(33)41(36(34)23-31)37-19-25(3)17-18-39-37;/h6-21,24H,1-5H3;/q-2;+2. The fourth-order valence-electron chi connectivity index (χ4n) is 5.88. The Balaban J connectivity index is 0.00000343. The number of para-hydroxylation sites is 1. The zero-order chi connectivity index (χ0) is 29.7. The Kier molecular flexibility index (Phi) is 8.00. The molecule has 44 heavy (non-hydrogen) atoms. The second-order valence-corrected chi connectivity index (χ2v) is 11.4. The number of fused-ring (bicyclic) bond motifs is 3. The number of hydrogen-bond acceptors (Lipinski definition) is 3. The smallest absolute Gasteiger partial charge is 0.509 e. The molecule has 7 rings (SSSR count). The molecule has 0 aliphatic carbocycles. The molecular weight excluding hydrogens is 724 g/mol. The average Bonchev–Trinajstić information content (AvgIpc) is 3.50. The largest absolute Gasteiger partial charge is 2.00 e. The maximum Gasteiger partial charge on any atom is 2.00 e. The Morgan fingerprint density at radius 3 is 2.32 bits per heavy atom. The van der Waals surface area contributed by atoms with Crippen molar-refractivity contribution in [2.75, 3.05) is 0 Å². The number of aryl methyl sites for hydroxylation is 2. The van der Waals surface area contributed by atoms with Crippen molar-refractivity contribution in [2.24, 2.45) is 0 Å². The van der Waals surface area contributed by atoms with Gasteiger partial charge in [-0.2, -0.15) is 11.2 Å². The third kappa shape index (κ3) is 5.26. The topological polar surface area (TPSA) is 44.9 Å². The quantitative estimate of drug-likeness (QED) is 0.159. The van der Waals surface area contributed by atoms with Crippen molar-refractivity contribution >= 4 is 21.8 Å². The van der Waals surface area contributed by atoms with Crippen molar-refractivity contribution < 1.29 is 25.8 Å². The summed E-state index contributed by atoms with van der Waals surface area (Å²) in [6.07, 6.45) is 1.85. The third-order valence-electron chi connectivity index (χ3n) is 8.01. The van der Waals surface area contributed by atoms with Crippen LogP contribution in [0.1, 0.15) is 42.3 Å². The maximum atomic E-state index is 6.53. The van der Waals surface area contributed by atoms with Gasteiger partial charge >= 0.3 is 21.1 Å². The zero-order valence-electron chi connectivity index (χ0n) is 25.3. The second kappa shape index (κ2) is 11.9. The number of pyridine rings is 1. The van der Waals surface area contributed by atoms with Crippen LogP contribution in [0.5, 0.6) is 11.5 Å². The Hall–Kier alpha value is -4.47. The molecule has 6 heteroatoms. The minimum absolute atomic E-state index is 0. The molecule has 3 aromatic heterocycles. The number of nitrogens with zero attached hydrogens (tertiary/aromatic N) is 4. The van der Waals surface area contributed by atoms with E-state index >= 15 is 0 Å². The first-order valence-electron chi connectivity index (χ1n) is 14.6. The van der Waals surface area contributed by atoms with Crippen molar-refractivity contribution in [1.29, 1.82) is 0 Å². The van der Waals surface area contributed by atoms with Crippen LogP contribution in [-0.4, -0.2) is 19.3 Å². The summed E-state index contributed by atoms with van der Waals surface area (Å²) in [6.45, 7) is 10.6. The first kappa shape index (κ1) is 29.6. The molecule has 5 nitrogen and oxygen atoms in total. The predicted molar refractivity (Wildman–Crippen MR) is 174 cm³/mol. The Labute approximate surface area is 272 Å². The number of aromatic nitrogens is 4. The number of hydrogen-bond donors (Lipinski definition) is 0. The monoisotopic (exact) mass is 755 g/mol. The third-order valence-corrected chi connectivity index (χ3v) is 8.01. The minimum Gasteiger partial charge on any atom is -0.509 e. The number of benzene rings is 4. The normalized spacial score (nSPS) is 11.3. The van der Waals surface area contributed by atoms with Gasteiger partial charge in [0.05, 0.1) is 5.69 Å². The van der Waals surface area contributed by atoms with Gasteiger partial charge in [0.1, 0.15) is 5.82 Å². The molecule has 0 radical (unpaired) electrons. The van der Waals surface area contributed by atoms with Gasteiger partial charge in [0.15, 0.2) is 0 Å². The predicted octanol–water partition coefficient (Wildman–Crippen LogP) is 9.47. The Bertz CT molecular complexity index is 2120. The average molecular weight is 756 g/mol. The van der Waals surface area contributed by atoms with E-state index in [-0.39, 0.29) is 21.1 Å². The van der Waals surface area contributed by atoms with Crippen LogP contribution in [0, 0.1) is 32.9 Å². The van der Waals surface area contributed by atoms with Gasteiger partial charge < -0.3 is 9.30 Å². The van der Waals surface area contributed by atoms with Crippen LogP contribution in [-0.2, 0) is 21.1 Å².